The predicted molar refractivity (Wildman–Crippen MR) is 75.8 cm³/mol. The highest BCUT2D eigenvalue weighted by atomic mass is 16.5. The number of furan rings is 1. The second-order valence-corrected chi connectivity index (χ2v) is 5.09. The molecule has 6 nitrogen and oxygen atoms in total. The first-order valence-electron chi connectivity index (χ1n) is 6.87. The normalized spacial score (nSPS) is 18.7. The van der Waals surface area contributed by atoms with Gasteiger partial charge in [0.2, 0.25) is 0 Å². The first kappa shape index (κ1) is 13.5. The molecule has 2 amide bonds. The van der Waals surface area contributed by atoms with E-state index < -0.39 is 12.0 Å². The van der Waals surface area contributed by atoms with Gasteiger partial charge >= 0.3 is 12.0 Å². The summed E-state index contributed by atoms with van der Waals surface area (Å²) in [6, 6.07) is 6.51. The summed E-state index contributed by atoms with van der Waals surface area (Å²) in [6.45, 7) is 0.961. The minimum Gasteiger partial charge on any atom is -0.464 e. The second kappa shape index (κ2) is 5.47. The molecule has 1 aliphatic rings. The summed E-state index contributed by atoms with van der Waals surface area (Å²) in [5.74, 6) is -0.404. The molecule has 3 rings (SSSR count). The van der Waals surface area contributed by atoms with E-state index in [4.69, 9.17) is 14.9 Å². The molecule has 2 N–H and O–H groups in total. The Morgan fingerprint density at radius 2 is 2.19 bits per heavy atom. The van der Waals surface area contributed by atoms with Crippen LogP contribution in [0.2, 0.25) is 0 Å². The van der Waals surface area contributed by atoms with Gasteiger partial charge in [-0.3, -0.25) is 0 Å². The molecule has 6 heteroatoms. The van der Waals surface area contributed by atoms with Crippen molar-refractivity contribution in [2.45, 2.75) is 18.9 Å². The zero-order chi connectivity index (χ0) is 14.8. The average Bonchev–Trinajstić information content (AvgIpc) is 2.95. The second-order valence-electron chi connectivity index (χ2n) is 5.09. The summed E-state index contributed by atoms with van der Waals surface area (Å²) in [5, 5.41) is 0.727. The molecule has 1 aromatic carbocycles. The van der Waals surface area contributed by atoms with Crippen molar-refractivity contribution in [1.29, 1.82) is 0 Å². The van der Waals surface area contributed by atoms with Crippen LogP contribution in [0.3, 0.4) is 0 Å². The molecular weight excluding hydrogens is 272 g/mol. The summed E-state index contributed by atoms with van der Waals surface area (Å²) in [4.78, 5) is 25.0. The highest BCUT2D eigenvalue weighted by Gasteiger charge is 2.26. The highest BCUT2D eigenvalue weighted by Crippen LogP contribution is 2.22. The van der Waals surface area contributed by atoms with Crippen LogP contribution in [0.1, 0.15) is 23.2 Å². The van der Waals surface area contributed by atoms with E-state index in [9.17, 15) is 9.59 Å². The summed E-state index contributed by atoms with van der Waals surface area (Å²) in [7, 11) is 0. The van der Waals surface area contributed by atoms with Gasteiger partial charge in [-0.1, -0.05) is 6.07 Å². The van der Waals surface area contributed by atoms with Crippen LogP contribution in [0, 0.1) is 0 Å². The molecule has 110 valence electrons. The van der Waals surface area contributed by atoms with Crippen molar-refractivity contribution in [3.63, 3.8) is 0 Å². The van der Waals surface area contributed by atoms with Gasteiger partial charge in [-0.25, -0.2) is 9.59 Å². The van der Waals surface area contributed by atoms with Crippen molar-refractivity contribution in [3.8, 4) is 0 Å². The Balaban J connectivity index is 1.74. The van der Waals surface area contributed by atoms with E-state index in [2.05, 4.69) is 0 Å². The monoisotopic (exact) mass is 288 g/mol. The van der Waals surface area contributed by atoms with E-state index in [0.717, 1.165) is 18.2 Å². The Morgan fingerprint density at radius 1 is 1.33 bits per heavy atom. The van der Waals surface area contributed by atoms with Crippen molar-refractivity contribution in [1.82, 2.24) is 4.90 Å². The minimum atomic E-state index is -0.479. The standard InChI is InChI=1S/C15H16N2O4/c16-15(19)17-7-2-3-10(9-17)21-14(18)12-4-1-5-13-11(12)6-8-20-13/h1,4-6,8,10H,2-3,7,9H2,(H2,16,19). The molecule has 21 heavy (non-hydrogen) atoms. The quantitative estimate of drug-likeness (QED) is 0.858. The fourth-order valence-corrected chi connectivity index (χ4v) is 2.62. The van der Waals surface area contributed by atoms with Crippen LogP contribution in [0.15, 0.2) is 34.9 Å². The maximum atomic E-state index is 12.3. The maximum absolute atomic E-state index is 12.3. The first-order chi connectivity index (χ1) is 10.1. The number of likely N-dealkylation sites (tertiary alicyclic amines) is 1. The number of benzene rings is 1. The molecule has 1 fully saturated rings. The topological polar surface area (TPSA) is 85.8 Å². The molecule has 1 aromatic heterocycles. The fraction of sp³-hybridized carbons (Fsp3) is 0.333. The van der Waals surface area contributed by atoms with E-state index in [-0.39, 0.29) is 6.10 Å². The Hall–Kier alpha value is -2.50. The van der Waals surface area contributed by atoms with E-state index in [0.29, 0.717) is 24.2 Å². The van der Waals surface area contributed by atoms with Crippen molar-refractivity contribution in [3.05, 3.63) is 36.1 Å². The van der Waals surface area contributed by atoms with Gasteiger partial charge < -0.3 is 19.8 Å². The first-order valence-corrected chi connectivity index (χ1v) is 6.87. The largest absolute Gasteiger partial charge is 0.464 e. The molecule has 0 spiro atoms. The van der Waals surface area contributed by atoms with E-state index in [1.165, 1.54) is 11.2 Å². The fourth-order valence-electron chi connectivity index (χ4n) is 2.62. The lowest BCUT2D eigenvalue weighted by atomic mass is 10.1. The number of esters is 1. The van der Waals surface area contributed by atoms with Gasteiger partial charge in [0.05, 0.1) is 18.4 Å². The Kier molecular flexibility index (Phi) is 3.51. The number of carbonyl (C=O) groups excluding carboxylic acids is 2. The van der Waals surface area contributed by atoms with Crippen LogP contribution in [0.5, 0.6) is 0 Å². The van der Waals surface area contributed by atoms with Gasteiger partial charge in [0.15, 0.2) is 0 Å². The van der Waals surface area contributed by atoms with Crippen molar-refractivity contribution in [2.24, 2.45) is 5.73 Å². The van der Waals surface area contributed by atoms with Gasteiger partial charge in [0.1, 0.15) is 11.7 Å². The number of nitrogens with two attached hydrogens (primary N) is 1. The lowest BCUT2D eigenvalue weighted by Crippen LogP contribution is -2.46. The SMILES string of the molecule is NC(=O)N1CCCC(OC(=O)c2cccc3occc23)C1. The van der Waals surface area contributed by atoms with Crippen LogP contribution < -0.4 is 5.73 Å². The number of carbonyl (C=O) groups is 2. The molecule has 1 saturated heterocycles. The smallest absolute Gasteiger partial charge is 0.339 e. The lowest BCUT2D eigenvalue weighted by Gasteiger charge is -2.31. The van der Waals surface area contributed by atoms with Gasteiger partial charge in [0, 0.05) is 11.9 Å². The Labute approximate surface area is 121 Å². The zero-order valence-corrected chi connectivity index (χ0v) is 11.5. The molecule has 0 aliphatic carbocycles. The lowest BCUT2D eigenvalue weighted by molar-refractivity contribution is 0.0130. The molecule has 2 heterocycles. The predicted octanol–water partition coefficient (Wildman–Crippen LogP) is 2.13. The molecule has 1 unspecified atom stereocenters. The van der Waals surface area contributed by atoms with E-state index in [1.807, 2.05) is 0 Å². The zero-order valence-electron chi connectivity index (χ0n) is 11.5. The van der Waals surface area contributed by atoms with Crippen molar-refractivity contribution < 1.29 is 18.7 Å². The van der Waals surface area contributed by atoms with Gasteiger partial charge in [0.25, 0.3) is 0 Å². The molecule has 0 radical (unpaired) electrons. The van der Waals surface area contributed by atoms with Crippen LogP contribution >= 0.6 is 0 Å². The maximum Gasteiger partial charge on any atom is 0.339 e. The number of piperidine rings is 1. The molecule has 0 bridgehead atoms. The van der Waals surface area contributed by atoms with E-state index >= 15 is 0 Å². The number of urea groups is 1. The summed E-state index contributed by atoms with van der Waals surface area (Å²) in [6.07, 6.45) is 2.73. The number of hydrogen-bond donors (Lipinski definition) is 1. The molecule has 1 aliphatic heterocycles. The third kappa shape index (κ3) is 2.69. The number of rotatable bonds is 2. The summed E-state index contributed by atoms with van der Waals surface area (Å²) in [5.41, 5.74) is 6.38. The van der Waals surface area contributed by atoms with Crippen LogP contribution in [-0.4, -0.2) is 36.1 Å². The number of ether oxygens (including phenoxy) is 1. The molecule has 2 aromatic rings. The van der Waals surface area contributed by atoms with Crippen LogP contribution in [-0.2, 0) is 4.74 Å². The number of amides is 2. The third-order valence-electron chi connectivity index (χ3n) is 3.68. The van der Waals surface area contributed by atoms with Gasteiger partial charge in [-0.15, -0.1) is 0 Å². The molecular formula is C15H16N2O4. The summed E-state index contributed by atoms with van der Waals surface area (Å²) < 4.78 is 10.8. The number of primary amides is 1. The molecule has 0 saturated carbocycles. The average molecular weight is 288 g/mol. The minimum absolute atomic E-state index is 0.319. The van der Waals surface area contributed by atoms with Crippen molar-refractivity contribution >= 4 is 23.0 Å². The Morgan fingerprint density at radius 3 is 3.00 bits per heavy atom. The third-order valence-corrected chi connectivity index (χ3v) is 3.68. The number of fused-ring (bicyclic) bond motifs is 1. The van der Waals surface area contributed by atoms with Gasteiger partial charge in [-0.05, 0) is 31.0 Å². The van der Waals surface area contributed by atoms with Gasteiger partial charge in [-0.2, -0.15) is 0 Å². The number of hydrogen-bond acceptors (Lipinski definition) is 4. The summed E-state index contributed by atoms with van der Waals surface area (Å²) >= 11 is 0. The molecule has 1 atom stereocenters. The van der Waals surface area contributed by atoms with Crippen LogP contribution in [0.4, 0.5) is 4.79 Å². The number of nitrogens with zero attached hydrogens (tertiary/aromatic N) is 1. The Bertz CT molecular complexity index is 679. The van der Waals surface area contributed by atoms with Crippen molar-refractivity contribution in [2.75, 3.05) is 13.1 Å². The van der Waals surface area contributed by atoms with E-state index in [1.54, 1.807) is 24.3 Å². The van der Waals surface area contributed by atoms with Crippen LogP contribution in [0.25, 0.3) is 11.0 Å². The highest BCUT2D eigenvalue weighted by molar-refractivity contribution is 6.03.